The zero-order valence-corrected chi connectivity index (χ0v) is 13.6. The zero-order valence-electron chi connectivity index (χ0n) is 13.6. The lowest BCUT2D eigenvalue weighted by atomic mass is 10.1. The van der Waals surface area contributed by atoms with Crippen molar-refractivity contribution in [1.29, 1.82) is 5.26 Å². The predicted octanol–water partition coefficient (Wildman–Crippen LogP) is 3.66. The number of fused-ring (bicyclic) bond motifs is 1. The zero-order chi connectivity index (χ0) is 16.2. The summed E-state index contributed by atoms with van der Waals surface area (Å²) in [4.78, 5) is 12.5. The van der Waals surface area contributed by atoms with E-state index in [1.54, 1.807) is 0 Å². The Morgan fingerprint density at radius 3 is 2.65 bits per heavy atom. The van der Waals surface area contributed by atoms with Gasteiger partial charge in [-0.2, -0.15) is 5.26 Å². The van der Waals surface area contributed by atoms with Crippen molar-refractivity contribution in [3.8, 4) is 6.07 Å². The summed E-state index contributed by atoms with van der Waals surface area (Å²) in [5.41, 5.74) is 2.49. The van der Waals surface area contributed by atoms with Crippen LogP contribution in [0.2, 0.25) is 0 Å². The quantitative estimate of drug-likeness (QED) is 0.880. The molecule has 120 valence electrons. The van der Waals surface area contributed by atoms with Gasteiger partial charge in [0.1, 0.15) is 12.6 Å². The number of para-hydroxylation sites is 1. The third-order valence-corrected chi connectivity index (χ3v) is 4.86. The van der Waals surface area contributed by atoms with Gasteiger partial charge >= 0.3 is 0 Å². The molecule has 1 aromatic carbocycles. The Bertz CT molecular complexity index is 746. The second kappa shape index (κ2) is 6.87. The molecule has 1 saturated carbocycles. The van der Waals surface area contributed by atoms with E-state index in [2.05, 4.69) is 11.4 Å². The summed E-state index contributed by atoms with van der Waals surface area (Å²) in [6.45, 7) is 2.20. The van der Waals surface area contributed by atoms with Gasteiger partial charge in [-0.05, 0) is 25.8 Å². The van der Waals surface area contributed by atoms with Crippen LogP contribution in [0.25, 0.3) is 10.9 Å². The molecule has 1 fully saturated rings. The fourth-order valence-corrected chi connectivity index (χ4v) is 3.62. The molecule has 1 aromatic heterocycles. The van der Waals surface area contributed by atoms with Crippen LogP contribution < -0.4 is 5.32 Å². The number of rotatable bonds is 3. The van der Waals surface area contributed by atoms with Crippen molar-refractivity contribution < 1.29 is 4.79 Å². The number of hydrogen-bond acceptors (Lipinski definition) is 2. The van der Waals surface area contributed by atoms with E-state index < -0.39 is 0 Å². The summed E-state index contributed by atoms with van der Waals surface area (Å²) >= 11 is 0. The van der Waals surface area contributed by atoms with Crippen LogP contribution >= 0.6 is 0 Å². The van der Waals surface area contributed by atoms with Gasteiger partial charge in [0.2, 0.25) is 5.91 Å². The maximum atomic E-state index is 12.5. The van der Waals surface area contributed by atoms with Crippen LogP contribution in [0.15, 0.2) is 24.3 Å². The molecule has 0 saturated heterocycles. The molecule has 1 aliphatic carbocycles. The molecule has 2 aromatic rings. The minimum atomic E-state index is 0.0465. The van der Waals surface area contributed by atoms with E-state index in [-0.39, 0.29) is 12.5 Å². The first-order valence-electron chi connectivity index (χ1n) is 8.48. The predicted molar refractivity (Wildman–Crippen MR) is 91.0 cm³/mol. The molecule has 0 spiro atoms. The maximum absolute atomic E-state index is 12.5. The number of carbonyl (C=O) groups excluding carboxylic acids is 1. The van der Waals surface area contributed by atoms with Gasteiger partial charge in [-0.3, -0.25) is 4.79 Å². The Hall–Kier alpha value is -2.28. The molecular formula is C19H23N3O. The number of carbonyl (C=O) groups is 1. The first-order valence-corrected chi connectivity index (χ1v) is 8.48. The van der Waals surface area contributed by atoms with E-state index in [1.807, 2.05) is 35.8 Å². The Balaban J connectivity index is 1.80. The smallest absolute Gasteiger partial charge is 0.240 e. The molecule has 1 N–H and O–H groups in total. The second-order valence-electron chi connectivity index (χ2n) is 6.43. The number of nitrogens with zero attached hydrogens (tertiary/aromatic N) is 2. The molecule has 4 nitrogen and oxygen atoms in total. The van der Waals surface area contributed by atoms with Crippen LogP contribution in [0.5, 0.6) is 0 Å². The largest absolute Gasteiger partial charge is 0.352 e. The Labute approximate surface area is 137 Å². The van der Waals surface area contributed by atoms with E-state index in [0.29, 0.717) is 11.6 Å². The van der Waals surface area contributed by atoms with Crippen molar-refractivity contribution in [2.75, 3.05) is 0 Å². The van der Waals surface area contributed by atoms with E-state index in [0.717, 1.165) is 29.4 Å². The summed E-state index contributed by atoms with van der Waals surface area (Å²) in [7, 11) is 0. The van der Waals surface area contributed by atoms with E-state index in [9.17, 15) is 10.1 Å². The van der Waals surface area contributed by atoms with Gasteiger partial charge in [-0.1, -0.05) is 43.9 Å². The first-order chi connectivity index (χ1) is 11.2. The minimum Gasteiger partial charge on any atom is -0.352 e. The van der Waals surface area contributed by atoms with Crippen molar-refractivity contribution in [3.05, 3.63) is 35.5 Å². The van der Waals surface area contributed by atoms with Gasteiger partial charge in [-0.25, -0.2) is 0 Å². The Kier molecular flexibility index (Phi) is 4.66. The van der Waals surface area contributed by atoms with Gasteiger partial charge < -0.3 is 9.88 Å². The lowest BCUT2D eigenvalue weighted by molar-refractivity contribution is -0.122. The second-order valence-corrected chi connectivity index (χ2v) is 6.43. The molecular weight excluding hydrogens is 286 g/mol. The average Bonchev–Trinajstić information content (AvgIpc) is 2.72. The number of nitriles is 1. The third-order valence-electron chi connectivity index (χ3n) is 4.86. The molecule has 1 amide bonds. The highest BCUT2D eigenvalue weighted by molar-refractivity contribution is 5.89. The third kappa shape index (κ3) is 3.24. The van der Waals surface area contributed by atoms with Crippen LogP contribution in [-0.4, -0.2) is 16.5 Å². The van der Waals surface area contributed by atoms with Crippen molar-refractivity contribution in [2.45, 2.75) is 58.0 Å². The molecule has 0 aliphatic heterocycles. The van der Waals surface area contributed by atoms with Crippen LogP contribution in [-0.2, 0) is 11.3 Å². The Morgan fingerprint density at radius 1 is 1.26 bits per heavy atom. The highest BCUT2D eigenvalue weighted by Gasteiger charge is 2.18. The van der Waals surface area contributed by atoms with Crippen LogP contribution in [0.1, 0.15) is 49.8 Å². The SMILES string of the molecule is Cc1c(C#N)c2ccccc2n1CC(=O)NC1CCCCCC1. The molecule has 0 atom stereocenters. The summed E-state index contributed by atoms with van der Waals surface area (Å²) in [6, 6.07) is 10.4. The molecule has 0 unspecified atom stereocenters. The van der Waals surface area contributed by atoms with Gasteiger partial charge in [0.25, 0.3) is 0 Å². The molecule has 1 aliphatic rings. The summed E-state index contributed by atoms with van der Waals surface area (Å²) in [5.74, 6) is 0.0465. The minimum absolute atomic E-state index is 0.0465. The fraction of sp³-hybridized carbons (Fsp3) is 0.474. The Morgan fingerprint density at radius 2 is 1.96 bits per heavy atom. The van der Waals surface area contributed by atoms with Crippen LogP contribution in [0.4, 0.5) is 0 Å². The van der Waals surface area contributed by atoms with Gasteiger partial charge in [0.15, 0.2) is 0 Å². The maximum Gasteiger partial charge on any atom is 0.240 e. The van der Waals surface area contributed by atoms with E-state index in [4.69, 9.17) is 0 Å². The first kappa shape index (κ1) is 15.6. The summed E-state index contributed by atoms with van der Waals surface area (Å²) in [6.07, 6.45) is 7.13. The lowest BCUT2D eigenvalue weighted by Crippen LogP contribution is -2.36. The van der Waals surface area contributed by atoms with Crippen LogP contribution in [0.3, 0.4) is 0 Å². The van der Waals surface area contributed by atoms with Crippen molar-refractivity contribution in [2.24, 2.45) is 0 Å². The van der Waals surface area contributed by atoms with Crippen LogP contribution in [0, 0.1) is 18.3 Å². The molecule has 4 heteroatoms. The standard InChI is InChI=1S/C19H23N3O/c1-14-17(12-20)16-10-6-7-11-18(16)22(14)13-19(23)21-15-8-4-2-3-5-9-15/h6-7,10-11,15H,2-5,8-9,13H2,1H3,(H,21,23). The van der Waals surface area contributed by atoms with Crippen molar-refractivity contribution >= 4 is 16.8 Å². The highest BCUT2D eigenvalue weighted by atomic mass is 16.2. The molecule has 23 heavy (non-hydrogen) atoms. The molecule has 3 rings (SSSR count). The summed E-state index contributed by atoms with van der Waals surface area (Å²) in [5, 5.41) is 13.5. The number of aromatic nitrogens is 1. The molecule has 1 heterocycles. The van der Waals surface area contributed by atoms with Crippen molar-refractivity contribution in [1.82, 2.24) is 9.88 Å². The number of hydrogen-bond donors (Lipinski definition) is 1. The monoisotopic (exact) mass is 309 g/mol. The normalized spacial score (nSPS) is 16.0. The lowest BCUT2D eigenvalue weighted by Gasteiger charge is -2.17. The summed E-state index contributed by atoms with van der Waals surface area (Å²) < 4.78 is 1.96. The number of benzene rings is 1. The van der Waals surface area contributed by atoms with Gasteiger partial charge in [0.05, 0.1) is 11.1 Å². The van der Waals surface area contributed by atoms with E-state index in [1.165, 1.54) is 25.7 Å². The average molecular weight is 309 g/mol. The highest BCUT2D eigenvalue weighted by Crippen LogP contribution is 2.25. The topological polar surface area (TPSA) is 57.8 Å². The molecule has 0 radical (unpaired) electrons. The van der Waals surface area contributed by atoms with Gasteiger partial charge in [0, 0.05) is 17.1 Å². The molecule has 0 bridgehead atoms. The number of amides is 1. The van der Waals surface area contributed by atoms with Crippen molar-refractivity contribution in [3.63, 3.8) is 0 Å². The van der Waals surface area contributed by atoms with Gasteiger partial charge in [-0.15, -0.1) is 0 Å². The number of nitrogens with one attached hydrogen (secondary N) is 1. The fourth-order valence-electron chi connectivity index (χ4n) is 3.62. The van der Waals surface area contributed by atoms with E-state index >= 15 is 0 Å².